The Morgan fingerprint density at radius 3 is 2.58 bits per heavy atom. The quantitative estimate of drug-likeness (QED) is 0.605. The van der Waals surface area contributed by atoms with Gasteiger partial charge in [0.1, 0.15) is 11.6 Å². The maximum atomic E-state index is 13.3. The minimum atomic E-state index is -0.268. The number of nitrogens with one attached hydrogen (secondary N) is 2. The van der Waals surface area contributed by atoms with Crippen molar-refractivity contribution in [3.63, 3.8) is 0 Å². The molecular weight excluding hydrogens is 331 g/mol. The van der Waals surface area contributed by atoms with Gasteiger partial charge in [-0.05, 0) is 24.6 Å². The van der Waals surface area contributed by atoms with Crippen LogP contribution in [-0.4, -0.2) is 27.7 Å². The highest BCUT2D eigenvalue weighted by atomic mass is 19.1. The molecule has 0 aliphatic heterocycles. The fourth-order valence-electron chi connectivity index (χ4n) is 2.46. The summed E-state index contributed by atoms with van der Waals surface area (Å²) >= 11 is 0. The smallest absolute Gasteiger partial charge is 0.225 e. The number of hydrogen-bond acceptors (Lipinski definition) is 5. The first kappa shape index (κ1) is 17.8. The molecule has 26 heavy (non-hydrogen) atoms. The van der Waals surface area contributed by atoms with E-state index in [1.54, 1.807) is 6.07 Å². The van der Waals surface area contributed by atoms with Crippen molar-refractivity contribution in [2.24, 2.45) is 0 Å². The third-order valence-electron chi connectivity index (χ3n) is 3.81. The van der Waals surface area contributed by atoms with Gasteiger partial charge in [-0.2, -0.15) is 4.98 Å². The molecule has 0 saturated carbocycles. The highest BCUT2D eigenvalue weighted by Crippen LogP contribution is 2.22. The summed E-state index contributed by atoms with van der Waals surface area (Å²) < 4.78 is 13.3. The fourth-order valence-corrected chi connectivity index (χ4v) is 2.46. The molecule has 0 saturated heterocycles. The standard InChI is InChI=1S/C20H21FN4O/c1-14(13-26)23-20-24-18(16-7-3-2-4-8-16)11-19(25-20)22-12-15-6-5-9-17(21)10-15/h2-11,14,26H,12-13H2,1H3,(H2,22,23,24,25)/t14-/m1/s1. The number of halogens is 1. The Morgan fingerprint density at radius 2 is 1.85 bits per heavy atom. The van der Waals surface area contributed by atoms with Crippen LogP contribution in [0.25, 0.3) is 11.3 Å². The molecule has 0 fully saturated rings. The van der Waals surface area contributed by atoms with Crippen LogP contribution in [0.2, 0.25) is 0 Å². The van der Waals surface area contributed by atoms with Crippen LogP contribution in [-0.2, 0) is 6.54 Å². The van der Waals surface area contributed by atoms with Crippen molar-refractivity contribution in [3.8, 4) is 11.3 Å². The molecule has 6 heteroatoms. The summed E-state index contributed by atoms with van der Waals surface area (Å²) in [5, 5.41) is 15.5. The van der Waals surface area contributed by atoms with Crippen molar-refractivity contribution in [1.82, 2.24) is 9.97 Å². The maximum absolute atomic E-state index is 13.3. The summed E-state index contributed by atoms with van der Waals surface area (Å²) in [4.78, 5) is 8.97. The largest absolute Gasteiger partial charge is 0.394 e. The summed E-state index contributed by atoms with van der Waals surface area (Å²) in [6.45, 7) is 2.27. The molecule has 134 valence electrons. The lowest BCUT2D eigenvalue weighted by Gasteiger charge is -2.14. The van der Waals surface area contributed by atoms with Gasteiger partial charge in [0.05, 0.1) is 12.3 Å². The predicted octanol–water partition coefficient (Wildman–Crippen LogP) is 3.69. The number of aliphatic hydroxyl groups excluding tert-OH is 1. The Bertz CT molecular complexity index is 857. The second-order valence-corrected chi connectivity index (χ2v) is 6.04. The molecule has 0 unspecified atom stereocenters. The summed E-state index contributed by atoms with van der Waals surface area (Å²) in [6, 6.07) is 17.9. The minimum Gasteiger partial charge on any atom is -0.394 e. The molecule has 0 aliphatic carbocycles. The second kappa shape index (κ2) is 8.40. The van der Waals surface area contributed by atoms with Gasteiger partial charge in [-0.3, -0.25) is 0 Å². The molecule has 3 aromatic rings. The average molecular weight is 352 g/mol. The van der Waals surface area contributed by atoms with Gasteiger partial charge in [0.2, 0.25) is 5.95 Å². The van der Waals surface area contributed by atoms with Crippen LogP contribution in [0.3, 0.4) is 0 Å². The number of anilines is 2. The lowest BCUT2D eigenvalue weighted by atomic mass is 10.1. The Labute approximate surface area is 152 Å². The van der Waals surface area contributed by atoms with Crippen LogP contribution in [0.15, 0.2) is 60.7 Å². The molecule has 0 radical (unpaired) electrons. The second-order valence-electron chi connectivity index (χ2n) is 6.04. The number of hydrogen-bond donors (Lipinski definition) is 3. The van der Waals surface area contributed by atoms with Crippen molar-refractivity contribution in [1.29, 1.82) is 0 Å². The molecule has 0 amide bonds. The Hall–Kier alpha value is -2.99. The molecule has 1 aromatic heterocycles. The normalized spacial score (nSPS) is 11.8. The van der Waals surface area contributed by atoms with Crippen LogP contribution in [0.1, 0.15) is 12.5 Å². The van der Waals surface area contributed by atoms with Crippen molar-refractivity contribution in [2.45, 2.75) is 19.5 Å². The van der Waals surface area contributed by atoms with E-state index in [-0.39, 0.29) is 18.5 Å². The van der Waals surface area contributed by atoms with Gasteiger partial charge in [0.15, 0.2) is 0 Å². The van der Waals surface area contributed by atoms with E-state index in [0.29, 0.717) is 18.3 Å². The molecule has 5 nitrogen and oxygen atoms in total. The Kier molecular flexibility index (Phi) is 5.76. The molecule has 1 atom stereocenters. The lowest BCUT2D eigenvalue weighted by molar-refractivity contribution is 0.281. The zero-order valence-corrected chi connectivity index (χ0v) is 14.5. The van der Waals surface area contributed by atoms with E-state index in [1.165, 1.54) is 12.1 Å². The van der Waals surface area contributed by atoms with E-state index in [2.05, 4.69) is 20.6 Å². The van der Waals surface area contributed by atoms with Gasteiger partial charge in [0.25, 0.3) is 0 Å². The monoisotopic (exact) mass is 352 g/mol. The molecular formula is C20H21FN4O. The first-order valence-electron chi connectivity index (χ1n) is 8.44. The molecule has 0 bridgehead atoms. The van der Waals surface area contributed by atoms with Crippen LogP contribution in [0, 0.1) is 5.82 Å². The minimum absolute atomic E-state index is 0.0228. The van der Waals surface area contributed by atoms with Crippen molar-refractivity contribution in [2.75, 3.05) is 17.2 Å². The SMILES string of the molecule is C[C@H](CO)Nc1nc(NCc2cccc(F)c2)cc(-c2ccccc2)n1. The predicted molar refractivity (Wildman–Crippen MR) is 101 cm³/mol. The number of rotatable bonds is 7. The highest BCUT2D eigenvalue weighted by Gasteiger charge is 2.09. The van der Waals surface area contributed by atoms with Gasteiger partial charge in [-0.1, -0.05) is 42.5 Å². The molecule has 1 heterocycles. The molecule has 0 aliphatic rings. The average Bonchev–Trinajstić information content (AvgIpc) is 2.67. The molecule has 3 rings (SSSR count). The van der Waals surface area contributed by atoms with Crippen LogP contribution in [0.5, 0.6) is 0 Å². The summed E-state index contributed by atoms with van der Waals surface area (Å²) in [6.07, 6.45) is 0. The number of aliphatic hydroxyl groups is 1. The van der Waals surface area contributed by atoms with Crippen LogP contribution < -0.4 is 10.6 Å². The van der Waals surface area contributed by atoms with Gasteiger partial charge >= 0.3 is 0 Å². The van der Waals surface area contributed by atoms with Gasteiger partial charge < -0.3 is 15.7 Å². The zero-order valence-electron chi connectivity index (χ0n) is 14.5. The van der Waals surface area contributed by atoms with E-state index in [1.807, 2.05) is 49.4 Å². The molecule has 0 spiro atoms. The summed E-state index contributed by atoms with van der Waals surface area (Å²) in [5.74, 6) is 0.779. The maximum Gasteiger partial charge on any atom is 0.225 e. The van der Waals surface area contributed by atoms with Crippen molar-refractivity contribution >= 4 is 11.8 Å². The van der Waals surface area contributed by atoms with Crippen LogP contribution >= 0.6 is 0 Å². The number of aromatic nitrogens is 2. The third-order valence-corrected chi connectivity index (χ3v) is 3.81. The Balaban J connectivity index is 1.86. The highest BCUT2D eigenvalue weighted by molar-refractivity contribution is 5.64. The van der Waals surface area contributed by atoms with Crippen molar-refractivity contribution in [3.05, 3.63) is 72.0 Å². The number of benzene rings is 2. The topological polar surface area (TPSA) is 70.1 Å². The zero-order chi connectivity index (χ0) is 18.4. The number of nitrogens with zero attached hydrogens (tertiary/aromatic N) is 2. The molecule has 3 N–H and O–H groups in total. The van der Waals surface area contributed by atoms with E-state index in [0.717, 1.165) is 16.8 Å². The molecule has 2 aromatic carbocycles. The van der Waals surface area contributed by atoms with E-state index in [4.69, 9.17) is 0 Å². The van der Waals surface area contributed by atoms with Crippen molar-refractivity contribution < 1.29 is 9.50 Å². The third kappa shape index (κ3) is 4.77. The van der Waals surface area contributed by atoms with Gasteiger partial charge in [0, 0.05) is 24.2 Å². The van der Waals surface area contributed by atoms with Crippen LogP contribution in [0.4, 0.5) is 16.2 Å². The first-order valence-corrected chi connectivity index (χ1v) is 8.44. The van der Waals surface area contributed by atoms with E-state index >= 15 is 0 Å². The van der Waals surface area contributed by atoms with Gasteiger partial charge in [-0.25, -0.2) is 9.37 Å². The lowest BCUT2D eigenvalue weighted by Crippen LogP contribution is -2.21. The van der Waals surface area contributed by atoms with Gasteiger partial charge in [-0.15, -0.1) is 0 Å². The summed E-state index contributed by atoms with van der Waals surface area (Å²) in [5.41, 5.74) is 2.54. The summed E-state index contributed by atoms with van der Waals surface area (Å²) in [7, 11) is 0. The Morgan fingerprint density at radius 1 is 1.04 bits per heavy atom. The first-order chi connectivity index (χ1) is 12.6. The van der Waals surface area contributed by atoms with E-state index < -0.39 is 0 Å². The fraction of sp³-hybridized carbons (Fsp3) is 0.200. The van der Waals surface area contributed by atoms with E-state index in [9.17, 15) is 9.50 Å².